The van der Waals surface area contributed by atoms with Crippen molar-refractivity contribution in [1.82, 2.24) is 15.0 Å². The Morgan fingerprint density at radius 3 is 2.43 bits per heavy atom. The first-order chi connectivity index (χ1) is 11.4. The normalized spacial score (nSPS) is 10.6. The third kappa shape index (κ3) is 2.62. The van der Waals surface area contributed by atoms with Crippen molar-refractivity contribution in [3.8, 4) is 11.1 Å². The van der Waals surface area contributed by atoms with Gasteiger partial charge in [-0.25, -0.2) is 9.97 Å². The summed E-state index contributed by atoms with van der Waals surface area (Å²) in [5, 5.41) is 4.44. The van der Waals surface area contributed by atoms with Gasteiger partial charge < -0.3 is 5.32 Å². The number of hydrogen-bond donors (Lipinski definition) is 1. The Hall–Kier alpha value is -3.27. The van der Waals surface area contributed by atoms with Crippen LogP contribution in [0.3, 0.4) is 0 Å². The number of rotatable bonds is 3. The smallest absolute Gasteiger partial charge is 0.141 e. The molecule has 0 fully saturated rings. The Kier molecular flexibility index (Phi) is 3.41. The van der Waals surface area contributed by atoms with Gasteiger partial charge in [-0.15, -0.1) is 0 Å². The molecule has 4 aromatic rings. The van der Waals surface area contributed by atoms with Gasteiger partial charge in [-0.1, -0.05) is 30.3 Å². The first-order valence-electron chi connectivity index (χ1n) is 7.38. The van der Waals surface area contributed by atoms with Crippen LogP contribution in [0.4, 0.5) is 11.5 Å². The van der Waals surface area contributed by atoms with Gasteiger partial charge in [-0.05, 0) is 35.9 Å². The molecular weight excluding hydrogens is 284 g/mol. The van der Waals surface area contributed by atoms with Crippen LogP contribution in [0.5, 0.6) is 0 Å². The SMILES string of the molecule is c1ccc(-c2ccncc2)c(Nc2ncnc3ccccc23)c1. The van der Waals surface area contributed by atoms with Crippen molar-refractivity contribution in [2.45, 2.75) is 0 Å². The third-order valence-corrected chi connectivity index (χ3v) is 3.71. The predicted octanol–water partition coefficient (Wildman–Crippen LogP) is 4.44. The summed E-state index contributed by atoms with van der Waals surface area (Å²) < 4.78 is 0. The molecule has 0 bridgehead atoms. The molecule has 2 aromatic heterocycles. The molecular formula is C19H14N4. The molecule has 2 aromatic carbocycles. The first kappa shape index (κ1) is 13.4. The fourth-order valence-corrected chi connectivity index (χ4v) is 2.61. The monoisotopic (exact) mass is 298 g/mol. The minimum atomic E-state index is 0.803. The molecule has 0 spiro atoms. The summed E-state index contributed by atoms with van der Waals surface area (Å²) in [7, 11) is 0. The number of aromatic nitrogens is 3. The molecule has 0 amide bonds. The average Bonchev–Trinajstić information content (AvgIpc) is 2.63. The van der Waals surface area contributed by atoms with Crippen molar-refractivity contribution in [3.63, 3.8) is 0 Å². The molecule has 110 valence electrons. The van der Waals surface area contributed by atoms with E-state index >= 15 is 0 Å². The lowest BCUT2D eigenvalue weighted by molar-refractivity contribution is 1.22. The quantitative estimate of drug-likeness (QED) is 0.607. The van der Waals surface area contributed by atoms with E-state index in [2.05, 4.69) is 26.3 Å². The second-order valence-corrected chi connectivity index (χ2v) is 5.15. The van der Waals surface area contributed by atoms with Crippen LogP contribution in [0, 0.1) is 0 Å². The Balaban J connectivity index is 1.80. The van der Waals surface area contributed by atoms with Crippen molar-refractivity contribution in [3.05, 3.63) is 79.4 Å². The van der Waals surface area contributed by atoms with Crippen LogP contribution in [0.25, 0.3) is 22.0 Å². The van der Waals surface area contributed by atoms with E-state index in [4.69, 9.17) is 0 Å². The largest absolute Gasteiger partial charge is 0.339 e. The Bertz CT molecular complexity index is 946. The summed E-state index contributed by atoms with van der Waals surface area (Å²) in [5.41, 5.74) is 4.15. The van der Waals surface area contributed by atoms with Gasteiger partial charge in [0.2, 0.25) is 0 Å². The predicted molar refractivity (Wildman–Crippen MR) is 92.5 cm³/mol. The van der Waals surface area contributed by atoms with Crippen LogP contribution in [-0.2, 0) is 0 Å². The van der Waals surface area contributed by atoms with Gasteiger partial charge in [0.1, 0.15) is 12.1 Å². The lowest BCUT2D eigenvalue weighted by Gasteiger charge is -2.12. The summed E-state index contributed by atoms with van der Waals surface area (Å²) in [6.45, 7) is 0. The molecule has 23 heavy (non-hydrogen) atoms. The molecule has 0 unspecified atom stereocenters. The Morgan fingerprint density at radius 1 is 0.739 bits per heavy atom. The van der Waals surface area contributed by atoms with Crippen molar-refractivity contribution in [1.29, 1.82) is 0 Å². The van der Waals surface area contributed by atoms with Crippen LogP contribution in [0.1, 0.15) is 0 Å². The number of para-hydroxylation sites is 2. The molecule has 0 aliphatic carbocycles. The van der Waals surface area contributed by atoms with Gasteiger partial charge in [0.25, 0.3) is 0 Å². The highest BCUT2D eigenvalue weighted by Gasteiger charge is 2.08. The lowest BCUT2D eigenvalue weighted by Crippen LogP contribution is -1.97. The average molecular weight is 298 g/mol. The van der Waals surface area contributed by atoms with E-state index in [0.29, 0.717) is 0 Å². The zero-order chi connectivity index (χ0) is 15.5. The Labute approximate surface area is 133 Å². The van der Waals surface area contributed by atoms with E-state index in [9.17, 15) is 0 Å². The van der Waals surface area contributed by atoms with Crippen LogP contribution in [0.15, 0.2) is 79.4 Å². The number of anilines is 2. The highest BCUT2D eigenvalue weighted by Crippen LogP contribution is 2.31. The van der Waals surface area contributed by atoms with Crippen molar-refractivity contribution >= 4 is 22.4 Å². The van der Waals surface area contributed by atoms with Gasteiger partial charge in [-0.3, -0.25) is 4.98 Å². The second kappa shape index (κ2) is 5.85. The number of hydrogen-bond acceptors (Lipinski definition) is 4. The van der Waals surface area contributed by atoms with E-state index in [-0.39, 0.29) is 0 Å². The van der Waals surface area contributed by atoms with Crippen LogP contribution < -0.4 is 5.32 Å². The lowest BCUT2D eigenvalue weighted by atomic mass is 10.0. The van der Waals surface area contributed by atoms with E-state index in [1.54, 1.807) is 18.7 Å². The second-order valence-electron chi connectivity index (χ2n) is 5.15. The van der Waals surface area contributed by atoms with Crippen LogP contribution in [0.2, 0.25) is 0 Å². The fraction of sp³-hybridized carbons (Fsp3) is 0. The third-order valence-electron chi connectivity index (χ3n) is 3.71. The number of pyridine rings is 1. The number of nitrogens with zero attached hydrogens (tertiary/aromatic N) is 3. The van der Waals surface area contributed by atoms with Crippen molar-refractivity contribution in [2.24, 2.45) is 0 Å². The first-order valence-corrected chi connectivity index (χ1v) is 7.38. The maximum atomic E-state index is 4.40. The van der Waals surface area contributed by atoms with Gasteiger partial charge >= 0.3 is 0 Å². The van der Waals surface area contributed by atoms with E-state index in [1.165, 1.54) is 0 Å². The number of benzene rings is 2. The number of fused-ring (bicyclic) bond motifs is 1. The van der Waals surface area contributed by atoms with E-state index in [1.807, 2.05) is 54.6 Å². The van der Waals surface area contributed by atoms with Gasteiger partial charge in [0.05, 0.1) is 5.52 Å². The highest BCUT2D eigenvalue weighted by atomic mass is 15.0. The van der Waals surface area contributed by atoms with E-state index < -0.39 is 0 Å². The van der Waals surface area contributed by atoms with Gasteiger partial charge in [0.15, 0.2) is 0 Å². The fourth-order valence-electron chi connectivity index (χ4n) is 2.61. The molecule has 0 saturated carbocycles. The summed E-state index contributed by atoms with van der Waals surface area (Å²) >= 11 is 0. The maximum absolute atomic E-state index is 4.40. The van der Waals surface area contributed by atoms with Gasteiger partial charge in [0, 0.05) is 29.0 Å². The van der Waals surface area contributed by atoms with Crippen molar-refractivity contribution in [2.75, 3.05) is 5.32 Å². The molecule has 1 N–H and O–H groups in total. The van der Waals surface area contributed by atoms with Gasteiger partial charge in [-0.2, -0.15) is 0 Å². The van der Waals surface area contributed by atoms with Crippen LogP contribution >= 0.6 is 0 Å². The molecule has 4 nitrogen and oxygen atoms in total. The summed E-state index contributed by atoms with van der Waals surface area (Å²) in [6.07, 6.45) is 5.18. The van der Waals surface area contributed by atoms with E-state index in [0.717, 1.165) is 33.5 Å². The molecule has 2 heterocycles. The molecule has 0 radical (unpaired) electrons. The molecule has 0 aliphatic rings. The molecule has 0 aliphatic heterocycles. The highest BCUT2D eigenvalue weighted by molar-refractivity contribution is 5.92. The number of nitrogens with one attached hydrogen (secondary N) is 1. The summed E-state index contributed by atoms with van der Waals surface area (Å²) in [4.78, 5) is 12.8. The molecule has 0 atom stereocenters. The molecule has 4 heteroatoms. The summed E-state index contributed by atoms with van der Waals surface area (Å²) in [5.74, 6) is 0.803. The van der Waals surface area contributed by atoms with Crippen molar-refractivity contribution < 1.29 is 0 Å². The summed E-state index contributed by atoms with van der Waals surface area (Å²) in [6, 6.07) is 20.1. The van der Waals surface area contributed by atoms with Crippen LogP contribution in [-0.4, -0.2) is 15.0 Å². The molecule has 0 saturated heterocycles. The zero-order valence-corrected chi connectivity index (χ0v) is 12.3. The topological polar surface area (TPSA) is 50.7 Å². The zero-order valence-electron chi connectivity index (χ0n) is 12.3. The minimum absolute atomic E-state index is 0.803. The standard InChI is InChI=1S/C19H14N4/c1-4-8-18(15(5-1)14-9-11-20-12-10-14)23-19-16-6-2-3-7-17(16)21-13-22-19/h1-13H,(H,21,22,23). The molecule has 4 rings (SSSR count). The Morgan fingerprint density at radius 2 is 1.52 bits per heavy atom. The minimum Gasteiger partial charge on any atom is -0.339 e. The maximum Gasteiger partial charge on any atom is 0.141 e.